The molecule has 2 fully saturated rings. The quantitative estimate of drug-likeness (QED) is 0.121. The third kappa shape index (κ3) is 7.87. The van der Waals surface area contributed by atoms with E-state index in [4.69, 9.17) is 16.1 Å². The van der Waals surface area contributed by atoms with E-state index in [1.165, 1.54) is 11.9 Å². The molecule has 1 aromatic carbocycles. The molecule has 0 radical (unpaired) electrons. The van der Waals surface area contributed by atoms with Crippen molar-refractivity contribution in [1.29, 1.82) is 5.41 Å². The number of halogens is 6. The number of hydrazone groups is 1. The summed E-state index contributed by atoms with van der Waals surface area (Å²) in [6, 6.07) is 2.99. The molecule has 0 saturated heterocycles. The van der Waals surface area contributed by atoms with Gasteiger partial charge in [-0.15, -0.1) is 5.10 Å². The fourth-order valence-corrected chi connectivity index (χ4v) is 4.70. The lowest BCUT2D eigenvalue weighted by atomic mass is 10.0. The number of anilines is 2. The first-order chi connectivity index (χ1) is 20.1. The number of alkyl halides is 6. The summed E-state index contributed by atoms with van der Waals surface area (Å²) < 4.78 is 81.5. The minimum Gasteiger partial charge on any atom is -0.373 e. The van der Waals surface area contributed by atoms with Crippen LogP contribution in [0.3, 0.4) is 0 Å². The Kier molecular flexibility index (Phi) is 9.11. The number of rotatable bonds is 11. The molecule has 2 saturated carbocycles. The van der Waals surface area contributed by atoms with Crippen LogP contribution in [-0.4, -0.2) is 48.1 Å². The van der Waals surface area contributed by atoms with E-state index in [2.05, 4.69) is 15.8 Å². The number of carbonyl (C=O) groups is 1. The molecule has 234 valence electrons. The van der Waals surface area contributed by atoms with E-state index >= 15 is 0 Å². The first kappa shape index (κ1) is 31.9. The fraction of sp³-hybridized carbons (Fsp3) is 0.500. The van der Waals surface area contributed by atoms with Gasteiger partial charge in [0.25, 0.3) is 0 Å². The van der Waals surface area contributed by atoms with Crippen LogP contribution in [0.5, 0.6) is 0 Å². The molecule has 2 aliphatic rings. The van der Waals surface area contributed by atoms with E-state index < -0.39 is 30.0 Å². The molecule has 5 N–H and O–H groups in total. The number of amides is 1. The number of aromatic nitrogens is 1. The van der Waals surface area contributed by atoms with Crippen LogP contribution in [0.15, 0.2) is 29.4 Å². The number of carbonyl (C=O) groups excluding carboxylic acids is 1. The van der Waals surface area contributed by atoms with Crippen LogP contribution in [0.2, 0.25) is 0 Å². The highest BCUT2D eigenvalue weighted by Crippen LogP contribution is 2.39. The van der Waals surface area contributed by atoms with E-state index in [1.54, 1.807) is 24.9 Å². The number of pyridine rings is 1. The van der Waals surface area contributed by atoms with Crippen LogP contribution < -0.4 is 21.4 Å². The maximum absolute atomic E-state index is 13.6. The van der Waals surface area contributed by atoms with Gasteiger partial charge in [0, 0.05) is 56.5 Å². The van der Waals surface area contributed by atoms with E-state index in [9.17, 15) is 31.1 Å². The van der Waals surface area contributed by atoms with Gasteiger partial charge in [0.2, 0.25) is 11.9 Å². The second kappa shape index (κ2) is 12.3. The topological polar surface area (TPSA) is 123 Å². The highest BCUT2D eigenvalue weighted by atomic mass is 19.4. The number of benzene rings is 1. The first-order valence-electron chi connectivity index (χ1n) is 13.7. The number of nitrogens with one attached hydrogen (secondary N) is 3. The summed E-state index contributed by atoms with van der Waals surface area (Å²) in [6.07, 6.45) is -6.65. The molecule has 43 heavy (non-hydrogen) atoms. The molecule has 0 unspecified atom stereocenters. The van der Waals surface area contributed by atoms with Gasteiger partial charge in [0.05, 0.1) is 11.1 Å². The number of hydrogen-bond donors (Lipinski definition) is 4. The first-order valence-corrected chi connectivity index (χ1v) is 13.7. The lowest BCUT2D eigenvalue weighted by Crippen LogP contribution is -2.40. The normalized spacial score (nSPS) is 15.7. The third-order valence-corrected chi connectivity index (χ3v) is 7.24. The van der Waals surface area contributed by atoms with Gasteiger partial charge in [-0.05, 0) is 68.4 Å². The molecule has 2 aliphatic carbocycles. The molecule has 0 spiro atoms. The van der Waals surface area contributed by atoms with Crippen molar-refractivity contribution in [3.8, 4) is 0 Å². The van der Waals surface area contributed by atoms with Crippen LogP contribution in [0.25, 0.3) is 0 Å². The Balaban J connectivity index is 1.82. The van der Waals surface area contributed by atoms with Crippen LogP contribution in [-0.2, 0) is 30.2 Å². The zero-order valence-corrected chi connectivity index (χ0v) is 24.0. The van der Waals surface area contributed by atoms with Gasteiger partial charge < -0.3 is 26.8 Å². The van der Waals surface area contributed by atoms with Crippen molar-refractivity contribution < 1.29 is 31.1 Å². The Morgan fingerprint density at radius 2 is 1.63 bits per heavy atom. The standard InChI is InChI=1S/C28H34F6N8O/c1-15(35)22-10-19(24(39-23(22)37-2)42(13-16-4-5-16)25(43)18-6-7-18)14-41(26(36)40-38-3)12-17-8-20(27(29,30)31)11-21(9-17)28(32,33)34/h8-11,16,18,35,38H,4-7,12-14H2,1-3H3,(H2,36,40)(H,37,39). The highest BCUT2D eigenvalue weighted by Gasteiger charge is 2.39. The highest BCUT2D eigenvalue weighted by molar-refractivity contribution is 6.02. The summed E-state index contributed by atoms with van der Waals surface area (Å²) in [5.41, 5.74) is 6.44. The molecule has 2 aromatic rings. The Labute approximate surface area is 245 Å². The largest absolute Gasteiger partial charge is 0.416 e. The molecular weight excluding hydrogens is 578 g/mol. The number of nitrogens with two attached hydrogens (primary N) is 1. The van der Waals surface area contributed by atoms with Gasteiger partial charge >= 0.3 is 12.4 Å². The van der Waals surface area contributed by atoms with Crippen molar-refractivity contribution in [2.75, 3.05) is 30.9 Å². The molecule has 15 heteroatoms. The van der Waals surface area contributed by atoms with Gasteiger partial charge in [0.1, 0.15) is 11.6 Å². The molecular formula is C28H34F6N8O. The lowest BCUT2D eigenvalue weighted by molar-refractivity contribution is -0.143. The Morgan fingerprint density at radius 3 is 2.09 bits per heavy atom. The van der Waals surface area contributed by atoms with Gasteiger partial charge in [0.15, 0.2) is 0 Å². The summed E-state index contributed by atoms with van der Waals surface area (Å²) in [6.45, 7) is 1.31. The molecule has 0 atom stereocenters. The molecule has 0 bridgehead atoms. The molecule has 1 heterocycles. The van der Waals surface area contributed by atoms with Crippen molar-refractivity contribution in [1.82, 2.24) is 15.3 Å². The van der Waals surface area contributed by atoms with Crippen molar-refractivity contribution in [2.24, 2.45) is 22.7 Å². The number of hydrogen-bond acceptors (Lipinski definition) is 6. The summed E-state index contributed by atoms with van der Waals surface area (Å²) in [5.74, 6) is 0.476. The fourth-order valence-electron chi connectivity index (χ4n) is 4.70. The average Bonchev–Trinajstić information content (AvgIpc) is 3.85. The predicted octanol–water partition coefficient (Wildman–Crippen LogP) is 5.15. The van der Waals surface area contributed by atoms with Gasteiger partial charge in [-0.2, -0.15) is 26.3 Å². The smallest absolute Gasteiger partial charge is 0.373 e. The van der Waals surface area contributed by atoms with Crippen molar-refractivity contribution in [2.45, 2.75) is 58.0 Å². The molecule has 0 aliphatic heterocycles. The van der Waals surface area contributed by atoms with Crippen LogP contribution in [0.1, 0.15) is 60.4 Å². The number of nitrogens with zero attached hydrogens (tertiary/aromatic N) is 4. The third-order valence-electron chi connectivity index (χ3n) is 7.24. The van der Waals surface area contributed by atoms with Crippen molar-refractivity contribution in [3.05, 3.63) is 52.1 Å². The summed E-state index contributed by atoms with van der Waals surface area (Å²) in [7, 11) is 3.07. The van der Waals surface area contributed by atoms with Crippen molar-refractivity contribution in [3.63, 3.8) is 0 Å². The average molecular weight is 613 g/mol. The van der Waals surface area contributed by atoms with Crippen LogP contribution in [0.4, 0.5) is 38.0 Å². The van der Waals surface area contributed by atoms with Crippen LogP contribution >= 0.6 is 0 Å². The maximum atomic E-state index is 13.6. The second-order valence-corrected chi connectivity index (χ2v) is 10.9. The Morgan fingerprint density at radius 1 is 1.02 bits per heavy atom. The minimum atomic E-state index is -5.02. The van der Waals surface area contributed by atoms with Gasteiger partial charge in [-0.3, -0.25) is 9.69 Å². The van der Waals surface area contributed by atoms with E-state index in [0.29, 0.717) is 41.4 Å². The zero-order chi connectivity index (χ0) is 31.7. The molecule has 1 aromatic heterocycles. The van der Waals surface area contributed by atoms with Gasteiger partial charge in [-0.25, -0.2) is 4.98 Å². The second-order valence-electron chi connectivity index (χ2n) is 10.9. The van der Waals surface area contributed by atoms with E-state index in [0.717, 1.165) is 25.7 Å². The lowest BCUT2D eigenvalue weighted by Gasteiger charge is -2.29. The zero-order valence-electron chi connectivity index (χ0n) is 24.0. The summed E-state index contributed by atoms with van der Waals surface area (Å²) in [4.78, 5) is 21.1. The molecule has 1 amide bonds. The maximum Gasteiger partial charge on any atom is 0.416 e. The van der Waals surface area contributed by atoms with Crippen LogP contribution in [0, 0.1) is 17.2 Å². The van der Waals surface area contributed by atoms with E-state index in [-0.39, 0.29) is 47.6 Å². The molecule has 9 nitrogen and oxygen atoms in total. The predicted molar refractivity (Wildman–Crippen MR) is 150 cm³/mol. The van der Waals surface area contributed by atoms with Crippen molar-refractivity contribution >= 4 is 29.2 Å². The van der Waals surface area contributed by atoms with E-state index in [1.807, 2.05) is 0 Å². The SMILES string of the molecule is CN/N=C(\N)N(Cc1cc(C(F)(F)F)cc(C(F)(F)F)c1)Cc1cc(C(C)=N)c(NC)nc1N(CC1CC1)C(=O)C1CC1. The molecule has 4 rings (SSSR count). The van der Waals surface area contributed by atoms with Gasteiger partial charge in [-0.1, -0.05) is 0 Å². The number of guanidine groups is 1. The Hall–Kier alpha value is -4.04. The minimum absolute atomic E-state index is 0.0652. The summed E-state index contributed by atoms with van der Waals surface area (Å²) >= 11 is 0. The Bertz CT molecular complexity index is 1370. The summed E-state index contributed by atoms with van der Waals surface area (Å²) in [5, 5.41) is 15.2. The monoisotopic (exact) mass is 612 g/mol.